The number of aryl methyl sites for hydroxylation is 1. The van der Waals surface area contributed by atoms with E-state index in [4.69, 9.17) is 0 Å². The summed E-state index contributed by atoms with van der Waals surface area (Å²) in [6.07, 6.45) is 0.434. The second-order valence-corrected chi connectivity index (χ2v) is 5.51. The van der Waals surface area contributed by atoms with Gasteiger partial charge in [-0.2, -0.15) is 0 Å². The summed E-state index contributed by atoms with van der Waals surface area (Å²) in [5.74, 6) is 0.0125. The highest BCUT2D eigenvalue weighted by Gasteiger charge is 2.02. The number of amides is 1. The number of benzene rings is 2. The van der Waals surface area contributed by atoms with Crippen molar-refractivity contribution in [1.82, 2.24) is 0 Å². The summed E-state index contributed by atoms with van der Waals surface area (Å²) in [4.78, 5) is 11.8. The average Bonchev–Trinajstić information content (AvgIpc) is 2.44. The van der Waals surface area contributed by atoms with Gasteiger partial charge in [-0.05, 0) is 43.3 Å². The van der Waals surface area contributed by atoms with Gasteiger partial charge in [0, 0.05) is 28.8 Å². The smallest absolute Gasteiger partial charge is 0.226 e. The lowest BCUT2D eigenvalue weighted by molar-refractivity contribution is -0.115. The van der Waals surface area contributed by atoms with E-state index in [0.29, 0.717) is 13.0 Å². The Bertz CT molecular complexity index is 564. The fourth-order valence-corrected chi connectivity index (χ4v) is 2.01. The highest BCUT2D eigenvalue weighted by Crippen LogP contribution is 2.14. The zero-order chi connectivity index (χ0) is 14.4. The zero-order valence-electron chi connectivity index (χ0n) is 11.3. The summed E-state index contributed by atoms with van der Waals surface area (Å²) in [7, 11) is 0. The first-order chi connectivity index (χ1) is 9.63. The number of carbonyl (C=O) groups is 1. The molecule has 0 spiro atoms. The molecule has 0 aliphatic rings. The Balaban J connectivity index is 1.75. The van der Waals surface area contributed by atoms with Crippen molar-refractivity contribution in [3.05, 3.63) is 58.6 Å². The Morgan fingerprint density at radius 2 is 1.60 bits per heavy atom. The molecule has 2 aromatic carbocycles. The van der Waals surface area contributed by atoms with E-state index in [0.717, 1.165) is 15.8 Å². The van der Waals surface area contributed by atoms with Crippen LogP contribution in [0.4, 0.5) is 11.4 Å². The highest BCUT2D eigenvalue weighted by molar-refractivity contribution is 9.10. The van der Waals surface area contributed by atoms with Crippen LogP contribution in [0.3, 0.4) is 0 Å². The van der Waals surface area contributed by atoms with E-state index >= 15 is 0 Å². The Hall–Kier alpha value is -1.81. The topological polar surface area (TPSA) is 41.1 Å². The van der Waals surface area contributed by atoms with Gasteiger partial charge in [0.05, 0.1) is 0 Å². The van der Waals surface area contributed by atoms with Gasteiger partial charge in [-0.1, -0.05) is 33.6 Å². The first kappa shape index (κ1) is 14.6. The van der Waals surface area contributed by atoms with Gasteiger partial charge in [-0.3, -0.25) is 4.79 Å². The van der Waals surface area contributed by atoms with Crippen LogP contribution < -0.4 is 10.6 Å². The molecule has 20 heavy (non-hydrogen) atoms. The molecule has 0 heterocycles. The molecule has 0 bridgehead atoms. The Morgan fingerprint density at radius 3 is 2.25 bits per heavy atom. The summed E-state index contributed by atoms with van der Waals surface area (Å²) in [6.45, 7) is 2.63. The van der Waals surface area contributed by atoms with Crippen LogP contribution in [0.2, 0.25) is 0 Å². The van der Waals surface area contributed by atoms with Crippen molar-refractivity contribution < 1.29 is 4.79 Å². The van der Waals surface area contributed by atoms with Gasteiger partial charge in [-0.25, -0.2) is 0 Å². The number of halogens is 1. The summed E-state index contributed by atoms with van der Waals surface area (Å²) in [6, 6.07) is 15.7. The quantitative estimate of drug-likeness (QED) is 0.861. The summed E-state index contributed by atoms with van der Waals surface area (Å²) in [5, 5.41) is 6.09. The van der Waals surface area contributed by atoms with Crippen LogP contribution in [0.15, 0.2) is 53.0 Å². The molecule has 3 nitrogen and oxygen atoms in total. The van der Waals surface area contributed by atoms with Crippen LogP contribution >= 0.6 is 15.9 Å². The Labute approximate surface area is 127 Å². The standard InChI is InChI=1S/C16H17BrN2O/c1-12-2-6-15(7-3-12)19-16(20)10-11-18-14-8-4-13(17)5-9-14/h2-9,18H,10-11H2,1H3,(H,19,20). The SMILES string of the molecule is Cc1ccc(NC(=O)CCNc2ccc(Br)cc2)cc1. The van der Waals surface area contributed by atoms with E-state index in [2.05, 4.69) is 26.6 Å². The van der Waals surface area contributed by atoms with Gasteiger partial charge in [0.25, 0.3) is 0 Å². The number of nitrogens with one attached hydrogen (secondary N) is 2. The molecular weight excluding hydrogens is 316 g/mol. The van der Waals surface area contributed by atoms with Crippen molar-refractivity contribution in [3.8, 4) is 0 Å². The minimum Gasteiger partial charge on any atom is -0.385 e. The molecule has 0 aromatic heterocycles. The lowest BCUT2D eigenvalue weighted by Gasteiger charge is -2.08. The number of hydrogen-bond acceptors (Lipinski definition) is 2. The van der Waals surface area contributed by atoms with Gasteiger partial charge in [-0.15, -0.1) is 0 Å². The van der Waals surface area contributed by atoms with Gasteiger partial charge in [0.2, 0.25) is 5.91 Å². The monoisotopic (exact) mass is 332 g/mol. The lowest BCUT2D eigenvalue weighted by atomic mass is 10.2. The maximum absolute atomic E-state index is 11.8. The van der Waals surface area contributed by atoms with Crippen molar-refractivity contribution in [2.75, 3.05) is 17.2 Å². The van der Waals surface area contributed by atoms with E-state index in [-0.39, 0.29) is 5.91 Å². The number of hydrogen-bond donors (Lipinski definition) is 2. The van der Waals surface area contributed by atoms with Crippen molar-refractivity contribution in [2.24, 2.45) is 0 Å². The fourth-order valence-electron chi connectivity index (χ4n) is 1.75. The third kappa shape index (κ3) is 4.70. The van der Waals surface area contributed by atoms with Gasteiger partial charge in [0.1, 0.15) is 0 Å². The fraction of sp³-hybridized carbons (Fsp3) is 0.188. The van der Waals surface area contributed by atoms with Crippen molar-refractivity contribution >= 4 is 33.2 Å². The minimum atomic E-state index is 0.0125. The van der Waals surface area contributed by atoms with Crippen LogP contribution in [-0.2, 0) is 4.79 Å². The molecule has 0 aliphatic heterocycles. The van der Waals surface area contributed by atoms with E-state index in [1.807, 2.05) is 55.5 Å². The largest absolute Gasteiger partial charge is 0.385 e. The van der Waals surface area contributed by atoms with Crippen LogP contribution in [-0.4, -0.2) is 12.5 Å². The normalized spacial score (nSPS) is 10.1. The van der Waals surface area contributed by atoms with Gasteiger partial charge >= 0.3 is 0 Å². The van der Waals surface area contributed by atoms with Crippen LogP contribution in [0.5, 0.6) is 0 Å². The lowest BCUT2D eigenvalue weighted by Crippen LogP contribution is -2.16. The van der Waals surface area contributed by atoms with Gasteiger partial charge in [0.15, 0.2) is 0 Å². The minimum absolute atomic E-state index is 0.0125. The molecule has 0 saturated heterocycles. The number of rotatable bonds is 5. The molecule has 4 heteroatoms. The van der Waals surface area contributed by atoms with E-state index < -0.39 is 0 Å². The molecule has 2 aromatic rings. The predicted molar refractivity (Wildman–Crippen MR) is 87.1 cm³/mol. The Morgan fingerprint density at radius 1 is 1.00 bits per heavy atom. The maximum atomic E-state index is 11.8. The molecule has 0 saturated carbocycles. The molecular formula is C16H17BrN2O. The third-order valence-corrected chi connectivity index (χ3v) is 3.39. The van der Waals surface area contributed by atoms with Crippen LogP contribution in [0.25, 0.3) is 0 Å². The average molecular weight is 333 g/mol. The highest BCUT2D eigenvalue weighted by atomic mass is 79.9. The first-order valence-corrected chi connectivity index (χ1v) is 7.29. The summed E-state index contributed by atoms with van der Waals surface area (Å²) < 4.78 is 1.04. The first-order valence-electron chi connectivity index (χ1n) is 6.49. The number of anilines is 2. The van der Waals surface area contributed by atoms with Crippen LogP contribution in [0.1, 0.15) is 12.0 Å². The molecule has 0 aliphatic carbocycles. The third-order valence-electron chi connectivity index (χ3n) is 2.86. The molecule has 0 atom stereocenters. The second-order valence-electron chi connectivity index (χ2n) is 4.60. The summed E-state index contributed by atoms with van der Waals surface area (Å²) >= 11 is 3.39. The molecule has 2 N–H and O–H groups in total. The summed E-state index contributed by atoms with van der Waals surface area (Å²) in [5.41, 5.74) is 3.03. The van der Waals surface area contributed by atoms with Crippen molar-refractivity contribution in [1.29, 1.82) is 0 Å². The van der Waals surface area contributed by atoms with Crippen molar-refractivity contribution in [3.63, 3.8) is 0 Å². The molecule has 0 fully saturated rings. The van der Waals surface area contributed by atoms with E-state index in [9.17, 15) is 4.79 Å². The van der Waals surface area contributed by atoms with E-state index in [1.54, 1.807) is 0 Å². The van der Waals surface area contributed by atoms with E-state index in [1.165, 1.54) is 5.56 Å². The molecule has 0 unspecified atom stereocenters. The molecule has 2 rings (SSSR count). The Kier molecular flexibility index (Phi) is 5.18. The van der Waals surface area contributed by atoms with Crippen LogP contribution in [0, 0.1) is 6.92 Å². The van der Waals surface area contributed by atoms with Gasteiger partial charge < -0.3 is 10.6 Å². The number of carbonyl (C=O) groups excluding carboxylic acids is 1. The zero-order valence-corrected chi connectivity index (χ0v) is 12.9. The second kappa shape index (κ2) is 7.10. The predicted octanol–water partition coefficient (Wildman–Crippen LogP) is 4.20. The molecule has 1 amide bonds. The maximum Gasteiger partial charge on any atom is 0.226 e. The molecule has 0 radical (unpaired) electrons. The molecule has 104 valence electrons. The van der Waals surface area contributed by atoms with Crippen molar-refractivity contribution in [2.45, 2.75) is 13.3 Å².